The third kappa shape index (κ3) is 8.85. The largest absolute Gasteiger partial charge is 0.444 e. The van der Waals surface area contributed by atoms with Crippen molar-refractivity contribution in [2.45, 2.75) is 104 Å². The first kappa shape index (κ1) is 29.8. The Kier molecular flexibility index (Phi) is 10.1. The maximum Gasteiger partial charge on any atom is 0.408 e. The Morgan fingerprint density at radius 3 is 1.94 bits per heavy atom. The normalized spacial score (nSPS) is 14.1. The van der Waals surface area contributed by atoms with E-state index >= 15 is 0 Å². The Balaban J connectivity index is 3.55. The zero-order valence-corrected chi connectivity index (χ0v) is 23.3. The van der Waals surface area contributed by atoms with Crippen molar-refractivity contribution in [3.05, 3.63) is 35.4 Å². The van der Waals surface area contributed by atoms with Gasteiger partial charge in [-0.25, -0.2) is 4.79 Å². The average Bonchev–Trinajstić information content (AvgIpc) is 2.67. The number of ether oxygens (including phenoxy) is 1. The number of nitrogens with zero attached hydrogens (tertiary/aromatic N) is 1. The minimum absolute atomic E-state index is 0.0515. The molecule has 2 atom stereocenters. The maximum absolute atomic E-state index is 14.0. The van der Waals surface area contributed by atoms with Gasteiger partial charge in [0.15, 0.2) is 0 Å². The molecule has 1 rings (SSSR count). The average molecular weight is 494 g/mol. The standard InChI is InChI=1S/C26H43N3O4S/c1-11-26(9,10)29(22(31)19(16-34)27-23(32)33-25(6,7)8)20(21(30)28-24(3,4)5)18-14-12-17(2)13-15-18/h12-15,19-20,34H,11,16H2,1-10H3,(H,27,32)(H,28,30). The van der Waals surface area contributed by atoms with Crippen LogP contribution >= 0.6 is 12.6 Å². The molecule has 7 nitrogen and oxygen atoms in total. The molecule has 1 aromatic carbocycles. The van der Waals surface area contributed by atoms with Crippen LogP contribution in [0.25, 0.3) is 0 Å². The lowest BCUT2D eigenvalue weighted by Crippen LogP contribution is -2.60. The summed E-state index contributed by atoms with van der Waals surface area (Å²) in [4.78, 5) is 41.6. The van der Waals surface area contributed by atoms with Gasteiger partial charge >= 0.3 is 6.09 Å². The van der Waals surface area contributed by atoms with Crippen molar-refractivity contribution >= 4 is 30.5 Å². The number of carbonyl (C=O) groups is 3. The summed E-state index contributed by atoms with van der Waals surface area (Å²) in [6.07, 6.45) is -0.115. The van der Waals surface area contributed by atoms with Crippen LogP contribution in [0, 0.1) is 6.92 Å². The van der Waals surface area contributed by atoms with E-state index in [2.05, 4.69) is 23.3 Å². The number of alkyl carbamates (subject to hydrolysis) is 1. The molecule has 192 valence electrons. The van der Waals surface area contributed by atoms with Crippen molar-refractivity contribution < 1.29 is 19.1 Å². The van der Waals surface area contributed by atoms with Gasteiger partial charge in [-0.15, -0.1) is 0 Å². The van der Waals surface area contributed by atoms with Gasteiger partial charge in [-0.1, -0.05) is 36.8 Å². The van der Waals surface area contributed by atoms with Crippen LogP contribution in [0.2, 0.25) is 0 Å². The van der Waals surface area contributed by atoms with E-state index in [1.807, 2.05) is 72.7 Å². The van der Waals surface area contributed by atoms with E-state index in [0.717, 1.165) is 5.56 Å². The molecule has 2 N–H and O–H groups in total. The zero-order valence-electron chi connectivity index (χ0n) is 22.4. The van der Waals surface area contributed by atoms with Crippen LogP contribution in [0.15, 0.2) is 24.3 Å². The number of aryl methyl sites for hydroxylation is 1. The van der Waals surface area contributed by atoms with Gasteiger partial charge in [-0.3, -0.25) is 9.59 Å². The second-order valence-corrected chi connectivity index (χ2v) is 11.7. The van der Waals surface area contributed by atoms with Crippen LogP contribution in [-0.4, -0.2) is 51.3 Å². The van der Waals surface area contributed by atoms with Gasteiger partial charge in [0.25, 0.3) is 0 Å². The van der Waals surface area contributed by atoms with Crippen LogP contribution in [0.3, 0.4) is 0 Å². The van der Waals surface area contributed by atoms with Crippen LogP contribution in [0.1, 0.15) is 85.9 Å². The minimum atomic E-state index is -0.973. The topological polar surface area (TPSA) is 87.7 Å². The number of rotatable bonds is 8. The minimum Gasteiger partial charge on any atom is -0.444 e. The fraction of sp³-hybridized carbons (Fsp3) is 0.654. The highest BCUT2D eigenvalue weighted by Crippen LogP contribution is 2.33. The highest BCUT2D eigenvalue weighted by Gasteiger charge is 2.43. The number of carbonyl (C=O) groups excluding carboxylic acids is 3. The summed E-state index contributed by atoms with van der Waals surface area (Å²) in [5.41, 5.74) is -0.168. The number of amides is 3. The molecule has 0 aliphatic rings. The Hall–Kier alpha value is -2.22. The molecule has 0 spiro atoms. The first-order valence-corrected chi connectivity index (χ1v) is 12.4. The van der Waals surface area contributed by atoms with Crippen LogP contribution < -0.4 is 10.6 Å². The Morgan fingerprint density at radius 2 is 1.53 bits per heavy atom. The fourth-order valence-electron chi connectivity index (χ4n) is 3.35. The number of hydrogen-bond donors (Lipinski definition) is 3. The quantitative estimate of drug-likeness (QED) is 0.454. The van der Waals surface area contributed by atoms with Gasteiger partial charge in [0.05, 0.1) is 0 Å². The predicted molar refractivity (Wildman–Crippen MR) is 140 cm³/mol. The second kappa shape index (κ2) is 11.5. The van der Waals surface area contributed by atoms with Crippen LogP contribution in [0.5, 0.6) is 0 Å². The molecule has 0 aliphatic heterocycles. The lowest BCUT2D eigenvalue weighted by molar-refractivity contribution is -0.149. The summed E-state index contributed by atoms with van der Waals surface area (Å²) in [6, 6.07) is 5.70. The maximum atomic E-state index is 14.0. The molecule has 0 heterocycles. The van der Waals surface area contributed by atoms with Gasteiger partial charge in [-0.05, 0) is 74.3 Å². The molecule has 8 heteroatoms. The molecule has 0 saturated carbocycles. The summed E-state index contributed by atoms with van der Waals surface area (Å²) < 4.78 is 5.35. The van der Waals surface area contributed by atoms with E-state index in [1.54, 1.807) is 25.7 Å². The van der Waals surface area contributed by atoms with Crippen molar-refractivity contribution in [2.75, 3.05) is 5.75 Å². The van der Waals surface area contributed by atoms with E-state index in [0.29, 0.717) is 12.0 Å². The number of nitrogens with one attached hydrogen (secondary N) is 2. The van der Waals surface area contributed by atoms with E-state index in [4.69, 9.17) is 4.74 Å². The van der Waals surface area contributed by atoms with E-state index in [9.17, 15) is 14.4 Å². The van der Waals surface area contributed by atoms with Gasteiger partial charge in [0, 0.05) is 16.8 Å². The Bertz CT molecular complexity index is 854. The molecule has 0 fully saturated rings. The molecule has 3 amide bonds. The Morgan fingerprint density at radius 1 is 1.00 bits per heavy atom. The van der Waals surface area contributed by atoms with Crippen molar-refractivity contribution in [1.29, 1.82) is 0 Å². The monoisotopic (exact) mass is 493 g/mol. The number of benzene rings is 1. The fourth-order valence-corrected chi connectivity index (χ4v) is 3.60. The van der Waals surface area contributed by atoms with Crippen molar-refractivity contribution in [1.82, 2.24) is 15.5 Å². The van der Waals surface area contributed by atoms with Crippen molar-refractivity contribution in [3.8, 4) is 0 Å². The number of thiol groups is 1. The molecule has 1 aromatic rings. The molecule has 0 bridgehead atoms. The van der Waals surface area contributed by atoms with Gasteiger partial charge in [-0.2, -0.15) is 12.6 Å². The smallest absolute Gasteiger partial charge is 0.408 e. The highest BCUT2D eigenvalue weighted by molar-refractivity contribution is 7.80. The van der Waals surface area contributed by atoms with Crippen LogP contribution in [0.4, 0.5) is 4.79 Å². The molecule has 0 aliphatic carbocycles. The van der Waals surface area contributed by atoms with E-state index < -0.39 is 40.8 Å². The van der Waals surface area contributed by atoms with Gasteiger partial charge < -0.3 is 20.3 Å². The summed E-state index contributed by atoms with van der Waals surface area (Å²) in [5.74, 6) is -0.640. The van der Waals surface area contributed by atoms with Crippen molar-refractivity contribution in [3.63, 3.8) is 0 Å². The summed E-state index contributed by atoms with van der Waals surface area (Å²) in [7, 11) is 0. The summed E-state index contributed by atoms with van der Waals surface area (Å²) in [6.45, 7) is 18.7. The third-order valence-corrected chi connectivity index (χ3v) is 5.69. The van der Waals surface area contributed by atoms with E-state index in [-0.39, 0.29) is 11.7 Å². The first-order chi connectivity index (χ1) is 15.4. The molecule has 0 saturated heterocycles. The summed E-state index contributed by atoms with van der Waals surface area (Å²) in [5, 5.41) is 5.67. The molecular weight excluding hydrogens is 450 g/mol. The van der Waals surface area contributed by atoms with E-state index in [1.165, 1.54) is 0 Å². The number of hydrogen-bond acceptors (Lipinski definition) is 5. The van der Waals surface area contributed by atoms with Gasteiger partial charge in [0.2, 0.25) is 11.8 Å². The molecule has 0 radical (unpaired) electrons. The predicted octanol–water partition coefficient (Wildman–Crippen LogP) is 4.79. The first-order valence-electron chi connectivity index (χ1n) is 11.7. The molecule has 34 heavy (non-hydrogen) atoms. The van der Waals surface area contributed by atoms with Crippen molar-refractivity contribution in [2.24, 2.45) is 0 Å². The lowest BCUT2D eigenvalue weighted by Gasteiger charge is -2.45. The van der Waals surface area contributed by atoms with Gasteiger partial charge in [0.1, 0.15) is 17.7 Å². The SMILES string of the molecule is CCC(C)(C)N(C(=O)C(CS)NC(=O)OC(C)(C)C)C(C(=O)NC(C)(C)C)c1ccc(C)cc1. The summed E-state index contributed by atoms with van der Waals surface area (Å²) >= 11 is 4.33. The molecule has 2 unspecified atom stereocenters. The molecular formula is C26H43N3O4S. The second-order valence-electron chi connectivity index (χ2n) is 11.3. The Labute approximate surface area is 210 Å². The molecule has 0 aromatic heterocycles. The highest BCUT2D eigenvalue weighted by atomic mass is 32.1. The van der Waals surface area contributed by atoms with Crippen LogP contribution in [-0.2, 0) is 14.3 Å². The lowest BCUT2D eigenvalue weighted by atomic mass is 9.91. The third-order valence-electron chi connectivity index (χ3n) is 5.32. The zero-order chi connectivity index (χ0) is 26.5.